The summed E-state index contributed by atoms with van der Waals surface area (Å²) in [5.74, 6) is 1.80. The molecule has 0 bridgehead atoms. The number of Topliss-reactive ketones (excluding diaryl/α,β-unsaturated/α-hetero) is 1. The molecular weight excluding hydrogens is 316 g/mol. The molecule has 1 saturated carbocycles. The zero-order valence-electron chi connectivity index (χ0n) is 21.7. The summed E-state index contributed by atoms with van der Waals surface area (Å²) in [6.45, 7) is 28.9. The van der Waals surface area contributed by atoms with Crippen LogP contribution in [0.1, 0.15) is 148 Å². The second-order valence-electron chi connectivity index (χ2n) is 5.57. The molecule has 0 spiro atoms. The summed E-state index contributed by atoms with van der Waals surface area (Å²) in [5.41, 5.74) is 0. The van der Waals surface area contributed by atoms with Crippen molar-refractivity contribution >= 4 is 5.78 Å². The zero-order chi connectivity index (χ0) is 22.4. The molecule has 1 fully saturated rings. The minimum atomic E-state index is 0.370. The maximum Gasteiger partial charge on any atom is 0.132 e. The van der Waals surface area contributed by atoms with Gasteiger partial charge in [0.05, 0.1) is 0 Å². The molecule has 0 heterocycles. The highest BCUT2D eigenvalue weighted by molar-refractivity contribution is 5.80. The number of ketones is 1. The van der Waals surface area contributed by atoms with Crippen LogP contribution in [0.15, 0.2) is 0 Å². The molecule has 1 aliphatic rings. The van der Waals surface area contributed by atoms with Crippen LogP contribution in [0.5, 0.6) is 0 Å². The summed E-state index contributed by atoms with van der Waals surface area (Å²) in [6.07, 6.45) is 10.5. The molecule has 1 rings (SSSR count). The van der Waals surface area contributed by atoms with Crippen LogP contribution in [-0.4, -0.2) is 5.78 Å². The van der Waals surface area contributed by atoms with Gasteiger partial charge in [0.1, 0.15) is 5.78 Å². The van der Waals surface area contributed by atoms with E-state index in [0.29, 0.717) is 11.7 Å². The third-order valence-corrected chi connectivity index (χ3v) is 3.22. The quantitative estimate of drug-likeness (QED) is 0.450. The van der Waals surface area contributed by atoms with E-state index in [0.717, 1.165) is 18.8 Å². The van der Waals surface area contributed by atoms with Gasteiger partial charge in [-0.25, -0.2) is 0 Å². The summed E-state index contributed by atoms with van der Waals surface area (Å²) in [4.78, 5) is 10.2. The van der Waals surface area contributed by atoms with Gasteiger partial charge in [-0.1, -0.05) is 129 Å². The molecule has 0 amide bonds. The van der Waals surface area contributed by atoms with Crippen molar-refractivity contribution in [3.05, 3.63) is 0 Å². The van der Waals surface area contributed by atoms with Crippen molar-refractivity contribution in [2.75, 3.05) is 0 Å². The first-order valence-corrected chi connectivity index (χ1v) is 12.0. The van der Waals surface area contributed by atoms with E-state index in [2.05, 4.69) is 34.6 Å². The molecule has 0 atom stereocenters. The van der Waals surface area contributed by atoms with E-state index < -0.39 is 0 Å². The molecule has 0 aliphatic heterocycles. The summed E-state index contributed by atoms with van der Waals surface area (Å²) in [7, 11) is 0. The van der Waals surface area contributed by atoms with Crippen LogP contribution in [0.3, 0.4) is 0 Å². The van der Waals surface area contributed by atoms with Crippen LogP contribution in [-0.2, 0) is 4.79 Å². The molecular formula is C25H60O. The standard InChI is InChI=1S/C8H18.C5H8O.C4H10.4C2H6/c1-4-6-8(3)7-5-2;1-4(6)5-2-3-5;1-3-4-2;4*1-2/h8H,4-7H2,1-3H3;5H,2-3H2,1H3;3-4H2,1-2H3;4*1-2H3. The molecule has 0 aromatic heterocycles. The van der Waals surface area contributed by atoms with Crippen LogP contribution >= 0.6 is 0 Å². The lowest BCUT2D eigenvalue weighted by molar-refractivity contribution is -0.118. The van der Waals surface area contributed by atoms with E-state index in [1.807, 2.05) is 55.4 Å². The van der Waals surface area contributed by atoms with Crippen LogP contribution in [0, 0.1) is 11.8 Å². The molecule has 0 aromatic rings. The minimum Gasteiger partial charge on any atom is -0.300 e. The number of carbonyl (C=O) groups is 1. The van der Waals surface area contributed by atoms with Gasteiger partial charge in [-0.15, -0.1) is 0 Å². The largest absolute Gasteiger partial charge is 0.300 e. The van der Waals surface area contributed by atoms with Crippen LogP contribution in [0.4, 0.5) is 0 Å². The number of unbranched alkanes of at least 4 members (excludes halogenated alkanes) is 1. The third-order valence-electron chi connectivity index (χ3n) is 3.22. The Morgan fingerprint density at radius 3 is 1.04 bits per heavy atom. The SMILES string of the molecule is CC.CC.CC.CC.CC(=O)C1CC1.CCCC.CCCC(C)CCC. The molecule has 1 aliphatic carbocycles. The zero-order valence-corrected chi connectivity index (χ0v) is 21.7. The van der Waals surface area contributed by atoms with Gasteiger partial charge in [0.2, 0.25) is 0 Å². The normalized spacial score (nSPS) is 10.1. The predicted octanol–water partition coefficient (Wildman–Crippen LogP) is 10.1. The van der Waals surface area contributed by atoms with Gasteiger partial charge in [0.15, 0.2) is 0 Å². The number of hydrogen-bond donors (Lipinski definition) is 0. The smallest absolute Gasteiger partial charge is 0.132 e. The average Bonchev–Trinajstić information content (AvgIpc) is 3.55. The summed E-state index contributed by atoms with van der Waals surface area (Å²) in [5, 5.41) is 0. The maximum absolute atomic E-state index is 10.2. The monoisotopic (exact) mass is 376 g/mol. The van der Waals surface area contributed by atoms with E-state index in [1.54, 1.807) is 6.92 Å². The van der Waals surface area contributed by atoms with Crippen molar-refractivity contribution in [2.45, 2.75) is 148 Å². The Morgan fingerprint density at radius 2 is 0.962 bits per heavy atom. The first-order valence-electron chi connectivity index (χ1n) is 12.0. The number of rotatable bonds is 6. The van der Waals surface area contributed by atoms with Gasteiger partial charge in [-0.05, 0) is 25.7 Å². The van der Waals surface area contributed by atoms with E-state index in [4.69, 9.17) is 0 Å². The third kappa shape index (κ3) is 65.1. The fraction of sp³-hybridized carbons (Fsp3) is 0.960. The maximum atomic E-state index is 10.2. The molecule has 0 N–H and O–H groups in total. The lowest BCUT2D eigenvalue weighted by Gasteiger charge is -2.05. The summed E-state index contributed by atoms with van der Waals surface area (Å²) < 4.78 is 0. The van der Waals surface area contributed by atoms with Crippen LogP contribution < -0.4 is 0 Å². The Morgan fingerprint density at radius 1 is 0.692 bits per heavy atom. The van der Waals surface area contributed by atoms with E-state index in [1.165, 1.54) is 38.5 Å². The molecule has 1 heteroatoms. The highest BCUT2D eigenvalue weighted by Gasteiger charge is 2.25. The second-order valence-corrected chi connectivity index (χ2v) is 5.57. The number of hydrogen-bond acceptors (Lipinski definition) is 1. The highest BCUT2D eigenvalue weighted by atomic mass is 16.1. The lowest BCUT2D eigenvalue weighted by Crippen LogP contribution is -1.91. The second kappa shape index (κ2) is 49.7. The first kappa shape index (κ1) is 40.4. The van der Waals surface area contributed by atoms with Gasteiger partial charge in [-0.2, -0.15) is 0 Å². The Balaban J connectivity index is -0.0000000496. The molecule has 0 unspecified atom stereocenters. The van der Waals surface area contributed by atoms with Gasteiger partial charge >= 0.3 is 0 Å². The molecule has 166 valence electrons. The fourth-order valence-corrected chi connectivity index (χ4v) is 1.62. The Labute approximate surface area is 171 Å². The van der Waals surface area contributed by atoms with Crippen molar-refractivity contribution in [2.24, 2.45) is 11.8 Å². The van der Waals surface area contributed by atoms with E-state index in [-0.39, 0.29) is 0 Å². The van der Waals surface area contributed by atoms with Gasteiger partial charge in [0.25, 0.3) is 0 Å². The number of carbonyl (C=O) groups excluding carboxylic acids is 1. The van der Waals surface area contributed by atoms with Crippen molar-refractivity contribution in [1.29, 1.82) is 0 Å². The van der Waals surface area contributed by atoms with E-state index in [9.17, 15) is 4.79 Å². The average molecular weight is 377 g/mol. The molecule has 0 radical (unpaired) electrons. The Bertz CT molecular complexity index is 163. The molecule has 26 heavy (non-hydrogen) atoms. The molecule has 0 aromatic carbocycles. The van der Waals surface area contributed by atoms with Crippen LogP contribution in [0.25, 0.3) is 0 Å². The lowest BCUT2D eigenvalue weighted by atomic mass is 10.0. The van der Waals surface area contributed by atoms with Gasteiger partial charge in [-0.3, -0.25) is 4.79 Å². The van der Waals surface area contributed by atoms with Crippen LogP contribution in [0.2, 0.25) is 0 Å². The highest BCUT2D eigenvalue weighted by Crippen LogP contribution is 2.29. The Hall–Kier alpha value is -0.330. The summed E-state index contributed by atoms with van der Waals surface area (Å²) in [6, 6.07) is 0. The minimum absolute atomic E-state index is 0.370. The predicted molar refractivity (Wildman–Crippen MR) is 128 cm³/mol. The van der Waals surface area contributed by atoms with Crippen molar-refractivity contribution in [3.8, 4) is 0 Å². The van der Waals surface area contributed by atoms with E-state index >= 15 is 0 Å². The van der Waals surface area contributed by atoms with Crippen molar-refractivity contribution in [1.82, 2.24) is 0 Å². The molecule has 0 saturated heterocycles. The fourth-order valence-electron chi connectivity index (χ4n) is 1.62. The topological polar surface area (TPSA) is 17.1 Å². The first-order chi connectivity index (χ1) is 12.5. The van der Waals surface area contributed by atoms with Gasteiger partial charge < -0.3 is 0 Å². The van der Waals surface area contributed by atoms with Crippen molar-refractivity contribution in [3.63, 3.8) is 0 Å². The van der Waals surface area contributed by atoms with Gasteiger partial charge in [0, 0.05) is 5.92 Å². The Kier molecular flexibility index (Phi) is 77.2. The molecule has 1 nitrogen and oxygen atoms in total. The van der Waals surface area contributed by atoms with Crippen molar-refractivity contribution < 1.29 is 4.79 Å². The summed E-state index contributed by atoms with van der Waals surface area (Å²) >= 11 is 0.